The summed E-state index contributed by atoms with van der Waals surface area (Å²) >= 11 is 0. The zero-order valence-electron chi connectivity index (χ0n) is 4.97. The van der Waals surface area contributed by atoms with Gasteiger partial charge in [-0.2, -0.15) is 0 Å². The smallest absolute Gasteiger partial charge is 0.272 e. The predicted molar refractivity (Wildman–Crippen MR) is 30.9 cm³/mol. The molecule has 0 aliphatic rings. The first-order valence-electron chi connectivity index (χ1n) is 2.51. The minimum atomic E-state index is -0.702. The number of carbonyl (C=O) groups excluding carboxylic acids is 1. The number of rotatable bonds is 1. The van der Waals surface area contributed by atoms with E-state index in [0.29, 0.717) is 11.3 Å². The molecule has 47 valence electrons. The molecule has 3 heteroatoms. The van der Waals surface area contributed by atoms with Gasteiger partial charge in [-0.3, -0.25) is 10.5 Å². The number of nitrogens with one attached hydrogen (secondary N) is 1. The SMILES string of the molecule is Cc1cc(C([NH])=O)co1. The van der Waals surface area contributed by atoms with Gasteiger partial charge in [-0.05, 0) is 13.0 Å². The van der Waals surface area contributed by atoms with Crippen molar-refractivity contribution in [1.82, 2.24) is 5.73 Å². The third kappa shape index (κ3) is 1.10. The van der Waals surface area contributed by atoms with Crippen LogP contribution < -0.4 is 5.73 Å². The highest BCUT2D eigenvalue weighted by Gasteiger charge is 2.02. The number of hydrogen-bond donors (Lipinski definition) is 0. The first-order valence-corrected chi connectivity index (χ1v) is 2.51. The average Bonchev–Trinajstić information content (AvgIpc) is 2.14. The van der Waals surface area contributed by atoms with Gasteiger partial charge < -0.3 is 4.42 Å². The molecule has 0 unspecified atom stereocenters. The van der Waals surface area contributed by atoms with Gasteiger partial charge in [0.15, 0.2) is 0 Å². The molecule has 0 spiro atoms. The quantitative estimate of drug-likeness (QED) is 0.561. The van der Waals surface area contributed by atoms with Crippen molar-refractivity contribution >= 4 is 5.91 Å². The molecule has 0 aromatic carbocycles. The van der Waals surface area contributed by atoms with Crippen molar-refractivity contribution in [2.45, 2.75) is 6.92 Å². The molecule has 1 amide bonds. The normalized spacial score (nSPS) is 9.44. The topological polar surface area (TPSA) is 54.0 Å². The fourth-order valence-electron chi connectivity index (χ4n) is 0.563. The van der Waals surface area contributed by atoms with Gasteiger partial charge in [-0.1, -0.05) is 0 Å². The Hall–Kier alpha value is -1.25. The van der Waals surface area contributed by atoms with Crippen LogP contribution in [0.25, 0.3) is 0 Å². The first kappa shape index (κ1) is 5.88. The van der Waals surface area contributed by atoms with Crippen LogP contribution in [-0.2, 0) is 0 Å². The lowest BCUT2D eigenvalue weighted by atomic mass is 10.3. The third-order valence-corrected chi connectivity index (χ3v) is 0.993. The standard InChI is InChI=1S/C6H6NO2/c1-4-2-5(3-9-4)6(7)8/h2-3,7H,1H3. The maximum atomic E-state index is 10.3. The van der Waals surface area contributed by atoms with Gasteiger partial charge in [0.1, 0.15) is 12.0 Å². The van der Waals surface area contributed by atoms with Crippen LogP contribution in [-0.4, -0.2) is 5.91 Å². The third-order valence-electron chi connectivity index (χ3n) is 0.993. The van der Waals surface area contributed by atoms with Crippen molar-refractivity contribution in [3.63, 3.8) is 0 Å². The fourth-order valence-corrected chi connectivity index (χ4v) is 0.563. The van der Waals surface area contributed by atoms with E-state index in [0.717, 1.165) is 0 Å². The van der Waals surface area contributed by atoms with Crippen LogP contribution in [0.15, 0.2) is 16.7 Å². The molecule has 0 saturated carbocycles. The van der Waals surface area contributed by atoms with Crippen LogP contribution >= 0.6 is 0 Å². The van der Waals surface area contributed by atoms with E-state index in [2.05, 4.69) is 0 Å². The second-order valence-corrected chi connectivity index (χ2v) is 1.78. The summed E-state index contributed by atoms with van der Waals surface area (Å²) in [4.78, 5) is 10.3. The van der Waals surface area contributed by atoms with E-state index in [1.54, 1.807) is 6.92 Å². The van der Waals surface area contributed by atoms with E-state index < -0.39 is 5.91 Å². The summed E-state index contributed by atoms with van der Waals surface area (Å²) in [6, 6.07) is 1.54. The Labute approximate surface area is 52.5 Å². The molecule has 1 N–H and O–H groups in total. The minimum Gasteiger partial charge on any atom is -0.469 e. The van der Waals surface area contributed by atoms with Gasteiger partial charge in [-0.15, -0.1) is 0 Å². The monoisotopic (exact) mass is 124 g/mol. The maximum absolute atomic E-state index is 10.3. The molecule has 1 radical (unpaired) electrons. The maximum Gasteiger partial charge on any atom is 0.272 e. The largest absolute Gasteiger partial charge is 0.469 e. The first-order chi connectivity index (χ1) is 4.20. The minimum absolute atomic E-state index is 0.313. The number of furan rings is 1. The van der Waals surface area contributed by atoms with E-state index in [1.807, 2.05) is 0 Å². The van der Waals surface area contributed by atoms with Gasteiger partial charge in [0.25, 0.3) is 5.91 Å². The van der Waals surface area contributed by atoms with Crippen LogP contribution in [0.1, 0.15) is 16.1 Å². The molecule has 3 nitrogen and oxygen atoms in total. The van der Waals surface area contributed by atoms with Crippen molar-refractivity contribution in [3.8, 4) is 0 Å². The Bertz CT molecular complexity index is 227. The number of aryl methyl sites for hydroxylation is 1. The molecule has 0 atom stereocenters. The molecule has 0 aliphatic carbocycles. The Morgan fingerprint density at radius 3 is 2.67 bits per heavy atom. The predicted octanol–water partition coefficient (Wildman–Crippen LogP) is 1.01. The van der Waals surface area contributed by atoms with E-state index >= 15 is 0 Å². The number of carbonyl (C=O) groups is 1. The van der Waals surface area contributed by atoms with E-state index in [-0.39, 0.29) is 0 Å². The highest BCUT2D eigenvalue weighted by Crippen LogP contribution is 2.04. The summed E-state index contributed by atoms with van der Waals surface area (Å²) in [5.41, 5.74) is 6.95. The number of amides is 1. The molecule has 0 aliphatic heterocycles. The van der Waals surface area contributed by atoms with Crippen molar-refractivity contribution < 1.29 is 9.21 Å². The Balaban J connectivity index is 2.98. The van der Waals surface area contributed by atoms with Crippen molar-refractivity contribution in [1.29, 1.82) is 0 Å². The Kier molecular flexibility index (Phi) is 1.26. The molecule has 1 heterocycles. The summed E-state index contributed by atoms with van der Waals surface area (Å²) < 4.78 is 4.78. The molecule has 0 bridgehead atoms. The van der Waals surface area contributed by atoms with Gasteiger partial charge >= 0.3 is 0 Å². The van der Waals surface area contributed by atoms with Crippen molar-refractivity contribution in [3.05, 3.63) is 23.7 Å². The van der Waals surface area contributed by atoms with Gasteiger partial charge in [0.2, 0.25) is 0 Å². The average molecular weight is 124 g/mol. The summed E-state index contributed by atoms with van der Waals surface area (Å²) in [5.74, 6) is -0.0440. The molecule has 1 rings (SSSR count). The zero-order chi connectivity index (χ0) is 6.85. The Morgan fingerprint density at radius 2 is 2.44 bits per heavy atom. The summed E-state index contributed by atoms with van der Waals surface area (Å²) in [6.45, 7) is 1.73. The van der Waals surface area contributed by atoms with Gasteiger partial charge in [-0.25, -0.2) is 0 Å². The molecule has 0 saturated heterocycles. The summed E-state index contributed by atoms with van der Waals surface area (Å²) in [6.07, 6.45) is 1.28. The second-order valence-electron chi connectivity index (χ2n) is 1.78. The van der Waals surface area contributed by atoms with E-state index in [1.165, 1.54) is 12.3 Å². The Morgan fingerprint density at radius 1 is 1.78 bits per heavy atom. The van der Waals surface area contributed by atoms with Crippen LogP contribution in [0.5, 0.6) is 0 Å². The van der Waals surface area contributed by atoms with E-state index in [4.69, 9.17) is 10.2 Å². The van der Waals surface area contributed by atoms with Gasteiger partial charge in [0.05, 0.1) is 5.56 Å². The lowest BCUT2D eigenvalue weighted by Gasteiger charge is -1.77. The van der Waals surface area contributed by atoms with E-state index in [9.17, 15) is 4.79 Å². The molecular weight excluding hydrogens is 118 g/mol. The van der Waals surface area contributed by atoms with Crippen LogP contribution in [0.2, 0.25) is 0 Å². The second kappa shape index (κ2) is 1.93. The fraction of sp³-hybridized carbons (Fsp3) is 0.167. The highest BCUT2D eigenvalue weighted by molar-refractivity contribution is 5.91. The lowest BCUT2D eigenvalue weighted by Crippen LogP contribution is -1.94. The molecule has 0 fully saturated rings. The van der Waals surface area contributed by atoms with Crippen LogP contribution in [0.4, 0.5) is 0 Å². The van der Waals surface area contributed by atoms with Crippen LogP contribution in [0.3, 0.4) is 0 Å². The molecule has 1 aromatic heterocycles. The molecule has 9 heavy (non-hydrogen) atoms. The number of hydrogen-bond acceptors (Lipinski definition) is 2. The summed E-state index contributed by atoms with van der Waals surface area (Å²) in [7, 11) is 0. The lowest BCUT2D eigenvalue weighted by molar-refractivity contribution is 0.0991. The highest BCUT2D eigenvalue weighted by atomic mass is 16.3. The molecule has 1 aromatic rings. The van der Waals surface area contributed by atoms with Crippen molar-refractivity contribution in [2.24, 2.45) is 0 Å². The summed E-state index contributed by atoms with van der Waals surface area (Å²) in [5, 5.41) is 0. The van der Waals surface area contributed by atoms with Crippen LogP contribution in [0, 0.1) is 6.92 Å². The van der Waals surface area contributed by atoms with Gasteiger partial charge in [0, 0.05) is 0 Å². The molecular formula is C6H6NO2. The zero-order valence-corrected chi connectivity index (χ0v) is 4.97. The van der Waals surface area contributed by atoms with Crippen molar-refractivity contribution in [2.75, 3.05) is 0 Å².